The second-order valence-corrected chi connectivity index (χ2v) is 5.25. The summed E-state index contributed by atoms with van der Waals surface area (Å²) in [5.41, 5.74) is 2.65. The number of nitrogens with one attached hydrogen (secondary N) is 1. The van der Waals surface area contributed by atoms with Gasteiger partial charge in [-0.25, -0.2) is 4.39 Å². The molecule has 0 aromatic heterocycles. The number of para-hydroxylation sites is 1. The summed E-state index contributed by atoms with van der Waals surface area (Å²) in [5, 5.41) is 2.93. The van der Waals surface area contributed by atoms with Crippen LogP contribution in [0.3, 0.4) is 0 Å². The van der Waals surface area contributed by atoms with E-state index in [4.69, 9.17) is 0 Å². The predicted molar refractivity (Wildman–Crippen MR) is 83.9 cm³/mol. The lowest BCUT2D eigenvalue weighted by molar-refractivity contribution is -0.115. The van der Waals surface area contributed by atoms with Crippen molar-refractivity contribution in [3.05, 3.63) is 65.5 Å². The minimum atomic E-state index is -0.319. The van der Waals surface area contributed by atoms with Crippen LogP contribution < -0.4 is 5.32 Å². The average Bonchev–Trinajstić information content (AvgIpc) is 2.47. The van der Waals surface area contributed by atoms with Gasteiger partial charge in [0.15, 0.2) is 0 Å². The van der Waals surface area contributed by atoms with E-state index in [-0.39, 0.29) is 18.1 Å². The summed E-state index contributed by atoms with van der Waals surface area (Å²) in [6, 6.07) is 14.0. The number of amides is 1. The topological polar surface area (TPSA) is 29.1 Å². The molecule has 0 heterocycles. The van der Waals surface area contributed by atoms with Crippen LogP contribution in [0.5, 0.6) is 0 Å². The first kappa shape index (κ1) is 15.2. The first-order chi connectivity index (χ1) is 10.1. The molecule has 0 bridgehead atoms. The first-order valence-corrected chi connectivity index (χ1v) is 7.23. The smallest absolute Gasteiger partial charge is 0.228 e. The van der Waals surface area contributed by atoms with E-state index in [1.807, 2.05) is 24.3 Å². The average molecular weight is 285 g/mol. The van der Waals surface area contributed by atoms with Gasteiger partial charge in [0.2, 0.25) is 5.91 Å². The highest BCUT2D eigenvalue weighted by molar-refractivity contribution is 5.93. The zero-order valence-electron chi connectivity index (χ0n) is 12.4. The van der Waals surface area contributed by atoms with Gasteiger partial charge in [-0.2, -0.15) is 0 Å². The Morgan fingerprint density at radius 3 is 2.67 bits per heavy atom. The Labute approximate surface area is 125 Å². The third-order valence-electron chi connectivity index (χ3n) is 3.63. The lowest BCUT2D eigenvalue weighted by Gasteiger charge is -2.15. The molecule has 0 saturated heterocycles. The molecule has 0 aliphatic rings. The molecule has 1 amide bonds. The van der Waals surface area contributed by atoms with E-state index in [1.165, 1.54) is 12.1 Å². The SMILES string of the molecule is CCC(C)c1ccccc1NC(=O)Cc1cccc(F)c1. The van der Waals surface area contributed by atoms with Crippen LogP contribution in [0.15, 0.2) is 48.5 Å². The van der Waals surface area contributed by atoms with Crippen LogP contribution in [0.1, 0.15) is 37.3 Å². The monoisotopic (exact) mass is 285 g/mol. The van der Waals surface area contributed by atoms with Gasteiger partial charge in [0, 0.05) is 5.69 Å². The van der Waals surface area contributed by atoms with Gasteiger partial charge in [-0.05, 0) is 41.7 Å². The third-order valence-corrected chi connectivity index (χ3v) is 3.63. The van der Waals surface area contributed by atoms with E-state index in [9.17, 15) is 9.18 Å². The molecule has 3 heteroatoms. The van der Waals surface area contributed by atoms with E-state index in [0.717, 1.165) is 17.7 Å². The Bertz CT molecular complexity index is 624. The van der Waals surface area contributed by atoms with Crippen LogP contribution >= 0.6 is 0 Å². The Morgan fingerprint density at radius 2 is 1.95 bits per heavy atom. The maximum absolute atomic E-state index is 13.1. The van der Waals surface area contributed by atoms with Crippen LogP contribution in [-0.4, -0.2) is 5.91 Å². The number of carbonyl (C=O) groups excluding carboxylic acids is 1. The summed E-state index contributed by atoms with van der Waals surface area (Å²) in [4.78, 5) is 12.1. The molecular formula is C18H20FNO. The van der Waals surface area contributed by atoms with E-state index >= 15 is 0 Å². The normalized spacial score (nSPS) is 12.0. The number of anilines is 1. The van der Waals surface area contributed by atoms with Crippen molar-refractivity contribution in [2.75, 3.05) is 5.32 Å². The van der Waals surface area contributed by atoms with Crippen molar-refractivity contribution in [2.45, 2.75) is 32.6 Å². The van der Waals surface area contributed by atoms with Gasteiger partial charge < -0.3 is 5.32 Å². The fourth-order valence-corrected chi connectivity index (χ4v) is 2.29. The molecule has 2 aromatic rings. The summed E-state index contributed by atoms with van der Waals surface area (Å²) < 4.78 is 13.1. The Hall–Kier alpha value is -2.16. The van der Waals surface area contributed by atoms with Gasteiger partial charge in [0.25, 0.3) is 0 Å². The molecular weight excluding hydrogens is 265 g/mol. The van der Waals surface area contributed by atoms with Crippen LogP contribution in [0.4, 0.5) is 10.1 Å². The van der Waals surface area contributed by atoms with Gasteiger partial charge in [0.1, 0.15) is 5.82 Å². The summed E-state index contributed by atoms with van der Waals surface area (Å²) >= 11 is 0. The summed E-state index contributed by atoms with van der Waals surface area (Å²) in [7, 11) is 0. The van der Waals surface area contributed by atoms with Crippen LogP contribution in [0.25, 0.3) is 0 Å². The zero-order valence-corrected chi connectivity index (χ0v) is 12.4. The predicted octanol–water partition coefficient (Wildman–Crippen LogP) is 4.52. The quantitative estimate of drug-likeness (QED) is 0.859. The lowest BCUT2D eigenvalue weighted by atomic mass is 9.97. The van der Waals surface area contributed by atoms with Crippen molar-refractivity contribution in [1.29, 1.82) is 0 Å². The number of benzene rings is 2. The molecule has 1 atom stereocenters. The molecule has 110 valence electrons. The first-order valence-electron chi connectivity index (χ1n) is 7.23. The number of hydrogen-bond donors (Lipinski definition) is 1. The molecule has 0 saturated carbocycles. The summed E-state index contributed by atoms with van der Waals surface area (Å²) in [5.74, 6) is -0.0627. The summed E-state index contributed by atoms with van der Waals surface area (Å²) in [6.07, 6.45) is 1.18. The van der Waals surface area contributed by atoms with Crippen LogP contribution in [-0.2, 0) is 11.2 Å². The minimum Gasteiger partial charge on any atom is -0.326 e. The minimum absolute atomic E-state index is 0.128. The maximum atomic E-state index is 13.1. The third kappa shape index (κ3) is 4.15. The van der Waals surface area contributed by atoms with E-state index in [1.54, 1.807) is 12.1 Å². The van der Waals surface area contributed by atoms with Crippen molar-refractivity contribution < 1.29 is 9.18 Å². The Balaban J connectivity index is 2.09. The maximum Gasteiger partial charge on any atom is 0.228 e. The van der Waals surface area contributed by atoms with Crippen molar-refractivity contribution in [2.24, 2.45) is 0 Å². The molecule has 0 aliphatic heterocycles. The van der Waals surface area contributed by atoms with E-state index in [2.05, 4.69) is 19.2 Å². The van der Waals surface area contributed by atoms with Gasteiger partial charge in [0.05, 0.1) is 6.42 Å². The molecule has 0 aliphatic carbocycles. The molecule has 2 nitrogen and oxygen atoms in total. The molecule has 21 heavy (non-hydrogen) atoms. The van der Waals surface area contributed by atoms with Crippen LogP contribution in [0, 0.1) is 5.82 Å². The fourth-order valence-electron chi connectivity index (χ4n) is 2.29. The van der Waals surface area contributed by atoms with Crippen LogP contribution in [0.2, 0.25) is 0 Å². The van der Waals surface area contributed by atoms with Gasteiger partial charge >= 0.3 is 0 Å². The number of carbonyl (C=O) groups is 1. The zero-order chi connectivity index (χ0) is 15.2. The van der Waals surface area contributed by atoms with Crippen molar-refractivity contribution in [3.8, 4) is 0 Å². The molecule has 0 radical (unpaired) electrons. The number of halogens is 1. The van der Waals surface area contributed by atoms with E-state index < -0.39 is 0 Å². The summed E-state index contributed by atoms with van der Waals surface area (Å²) in [6.45, 7) is 4.26. The van der Waals surface area contributed by atoms with Gasteiger partial charge in [-0.3, -0.25) is 4.79 Å². The van der Waals surface area contributed by atoms with Crippen molar-refractivity contribution >= 4 is 11.6 Å². The highest BCUT2D eigenvalue weighted by atomic mass is 19.1. The van der Waals surface area contributed by atoms with Gasteiger partial charge in [-0.15, -0.1) is 0 Å². The van der Waals surface area contributed by atoms with Gasteiger partial charge in [-0.1, -0.05) is 44.2 Å². The Kier molecular flexibility index (Phi) is 5.09. The molecule has 1 unspecified atom stereocenters. The fraction of sp³-hybridized carbons (Fsp3) is 0.278. The number of hydrogen-bond acceptors (Lipinski definition) is 1. The lowest BCUT2D eigenvalue weighted by Crippen LogP contribution is -2.16. The molecule has 0 fully saturated rings. The molecule has 1 N–H and O–H groups in total. The van der Waals surface area contributed by atoms with Crippen molar-refractivity contribution in [3.63, 3.8) is 0 Å². The van der Waals surface area contributed by atoms with Crippen molar-refractivity contribution in [1.82, 2.24) is 0 Å². The second-order valence-electron chi connectivity index (χ2n) is 5.25. The molecule has 2 aromatic carbocycles. The molecule has 2 rings (SSSR count). The highest BCUT2D eigenvalue weighted by Crippen LogP contribution is 2.26. The highest BCUT2D eigenvalue weighted by Gasteiger charge is 2.11. The Morgan fingerprint density at radius 1 is 1.19 bits per heavy atom. The van der Waals surface area contributed by atoms with E-state index in [0.29, 0.717) is 11.5 Å². The molecule has 0 spiro atoms. The standard InChI is InChI=1S/C18H20FNO/c1-3-13(2)16-9-4-5-10-17(16)20-18(21)12-14-7-6-8-15(19)11-14/h4-11,13H,3,12H2,1-2H3,(H,20,21). The second kappa shape index (κ2) is 7.02. The largest absolute Gasteiger partial charge is 0.326 e. The number of rotatable bonds is 5.